The summed E-state index contributed by atoms with van der Waals surface area (Å²) in [4.78, 5) is 0. The van der Waals surface area contributed by atoms with Gasteiger partial charge in [0.2, 0.25) is 0 Å². The molecular formula is C18H19BrO2. The van der Waals surface area contributed by atoms with Gasteiger partial charge in [0.05, 0.1) is 12.2 Å². The Morgan fingerprint density at radius 2 is 1.90 bits per heavy atom. The molecule has 110 valence electrons. The lowest BCUT2D eigenvalue weighted by Crippen LogP contribution is -2.27. The summed E-state index contributed by atoms with van der Waals surface area (Å²) in [5.41, 5.74) is 1.28. The number of benzene rings is 2. The van der Waals surface area contributed by atoms with Gasteiger partial charge in [-0.15, -0.1) is 0 Å². The molecule has 0 aliphatic carbocycles. The fourth-order valence-electron chi connectivity index (χ4n) is 3.12. The third-order valence-electron chi connectivity index (χ3n) is 4.18. The largest absolute Gasteiger partial charge is 0.493 e. The molecule has 0 radical (unpaired) electrons. The van der Waals surface area contributed by atoms with Crippen molar-refractivity contribution in [1.82, 2.24) is 0 Å². The van der Waals surface area contributed by atoms with E-state index in [1.807, 2.05) is 49.4 Å². The van der Waals surface area contributed by atoms with Gasteiger partial charge < -0.3 is 9.84 Å². The summed E-state index contributed by atoms with van der Waals surface area (Å²) in [6.07, 6.45) is 1.63. The molecule has 2 atom stereocenters. The minimum Gasteiger partial charge on any atom is -0.493 e. The molecule has 1 aliphatic heterocycles. The Morgan fingerprint density at radius 3 is 2.71 bits per heavy atom. The molecular weight excluding hydrogens is 328 g/mol. The van der Waals surface area contributed by atoms with E-state index in [2.05, 4.69) is 22.0 Å². The summed E-state index contributed by atoms with van der Waals surface area (Å²) < 4.78 is 6.66. The van der Waals surface area contributed by atoms with Crippen LogP contribution >= 0.6 is 15.9 Å². The number of para-hydroxylation sites is 1. The molecule has 0 fully saturated rings. The van der Waals surface area contributed by atoms with Crippen LogP contribution in [0.5, 0.6) is 5.75 Å². The molecule has 2 unspecified atom stereocenters. The Bertz CT molecular complexity index is 637. The van der Waals surface area contributed by atoms with Crippen molar-refractivity contribution in [3.8, 4) is 5.75 Å². The minimum atomic E-state index is -0.866. The van der Waals surface area contributed by atoms with E-state index < -0.39 is 5.60 Å². The zero-order valence-corrected chi connectivity index (χ0v) is 13.6. The Labute approximate surface area is 133 Å². The van der Waals surface area contributed by atoms with Crippen molar-refractivity contribution in [3.05, 3.63) is 64.1 Å². The van der Waals surface area contributed by atoms with Crippen LogP contribution in [0.1, 0.15) is 36.8 Å². The van der Waals surface area contributed by atoms with E-state index in [1.165, 1.54) is 5.56 Å². The van der Waals surface area contributed by atoms with Crippen LogP contribution in [-0.2, 0) is 5.60 Å². The summed E-state index contributed by atoms with van der Waals surface area (Å²) in [6.45, 7) is 2.61. The van der Waals surface area contributed by atoms with E-state index in [1.54, 1.807) is 0 Å². The van der Waals surface area contributed by atoms with Crippen LogP contribution in [0.3, 0.4) is 0 Å². The van der Waals surface area contributed by atoms with Crippen molar-refractivity contribution < 1.29 is 9.84 Å². The van der Waals surface area contributed by atoms with Crippen LogP contribution < -0.4 is 4.74 Å². The van der Waals surface area contributed by atoms with Gasteiger partial charge in [0.1, 0.15) is 5.75 Å². The van der Waals surface area contributed by atoms with Gasteiger partial charge in [0.15, 0.2) is 0 Å². The van der Waals surface area contributed by atoms with Crippen molar-refractivity contribution in [3.63, 3.8) is 0 Å². The van der Waals surface area contributed by atoms with Crippen molar-refractivity contribution in [1.29, 1.82) is 0 Å². The van der Waals surface area contributed by atoms with Gasteiger partial charge in [-0.1, -0.05) is 52.3 Å². The normalized spacial score (nSPS) is 20.2. The molecule has 1 aliphatic rings. The molecule has 0 saturated carbocycles. The van der Waals surface area contributed by atoms with E-state index in [0.29, 0.717) is 18.9 Å². The predicted molar refractivity (Wildman–Crippen MR) is 87.6 cm³/mol. The van der Waals surface area contributed by atoms with Crippen LogP contribution in [0.25, 0.3) is 0 Å². The first-order valence-electron chi connectivity index (χ1n) is 7.27. The maximum Gasteiger partial charge on any atom is 0.122 e. The Hall–Kier alpha value is -1.32. The number of halogens is 1. The Morgan fingerprint density at radius 1 is 1.19 bits per heavy atom. The van der Waals surface area contributed by atoms with Crippen LogP contribution in [-0.4, -0.2) is 11.7 Å². The molecule has 2 aromatic carbocycles. The smallest absolute Gasteiger partial charge is 0.122 e. The van der Waals surface area contributed by atoms with Crippen molar-refractivity contribution >= 4 is 15.9 Å². The molecule has 0 spiro atoms. The second-order valence-corrected chi connectivity index (χ2v) is 6.68. The topological polar surface area (TPSA) is 29.5 Å². The lowest BCUT2D eigenvalue weighted by Gasteiger charge is -2.33. The number of aliphatic hydroxyl groups is 1. The highest BCUT2D eigenvalue weighted by Gasteiger charge is 2.32. The Balaban J connectivity index is 1.89. The molecule has 0 amide bonds. The molecule has 21 heavy (non-hydrogen) atoms. The average Bonchev–Trinajstić information content (AvgIpc) is 2.47. The van der Waals surface area contributed by atoms with Crippen molar-refractivity contribution in [2.75, 3.05) is 6.61 Å². The molecule has 1 heterocycles. The highest BCUT2D eigenvalue weighted by Crippen LogP contribution is 2.42. The standard InChI is InChI=1S/C18H19BrO2/c1-18(20,15-7-3-4-8-16(15)19)12-13-10-11-21-17-9-5-2-6-14(13)17/h2-9,13,20H,10-12H2,1H3. The fourth-order valence-corrected chi connectivity index (χ4v) is 3.83. The number of hydrogen-bond acceptors (Lipinski definition) is 2. The van der Waals surface area contributed by atoms with E-state index in [-0.39, 0.29) is 0 Å². The predicted octanol–water partition coefficient (Wildman–Crippen LogP) is 4.61. The quantitative estimate of drug-likeness (QED) is 0.878. The second kappa shape index (κ2) is 5.82. The van der Waals surface area contributed by atoms with Crippen LogP contribution in [0, 0.1) is 0 Å². The van der Waals surface area contributed by atoms with Crippen molar-refractivity contribution in [2.45, 2.75) is 31.3 Å². The lowest BCUT2D eigenvalue weighted by atomic mass is 9.80. The minimum absolute atomic E-state index is 0.317. The number of hydrogen-bond donors (Lipinski definition) is 1. The average molecular weight is 347 g/mol. The van der Waals surface area contributed by atoms with Gasteiger partial charge in [-0.3, -0.25) is 0 Å². The van der Waals surface area contributed by atoms with Gasteiger partial charge in [-0.25, -0.2) is 0 Å². The molecule has 1 N–H and O–H groups in total. The summed E-state index contributed by atoms with van der Waals surface area (Å²) in [5.74, 6) is 1.27. The number of rotatable bonds is 3. The third kappa shape index (κ3) is 2.99. The second-order valence-electron chi connectivity index (χ2n) is 5.83. The first-order valence-corrected chi connectivity index (χ1v) is 8.06. The first kappa shape index (κ1) is 14.6. The van der Waals surface area contributed by atoms with Crippen molar-refractivity contribution in [2.24, 2.45) is 0 Å². The van der Waals surface area contributed by atoms with Crippen LogP contribution in [0.4, 0.5) is 0 Å². The monoisotopic (exact) mass is 346 g/mol. The highest BCUT2D eigenvalue weighted by molar-refractivity contribution is 9.10. The fraction of sp³-hybridized carbons (Fsp3) is 0.333. The molecule has 0 aromatic heterocycles. The lowest BCUT2D eigenvalue weighted by molar-refractivity contribution is 0.0346. The molecule has 0 bridgehead atoms. The maximum absolute atomic E-state index is 11.0. The summed E-state index contributed by atoms with van der Waals surface area (Å²) in [7, 11) is 0. The Kier molecular flexibility index (Phi) is 4.05. The van der Waals surface area contributed by atoms with E-state index in [9.17, 15) is 5.11 Å². The summed E-state index contributed by atoms with van der Waals surface area (Å²) >= 11 is 3.54. The van der Waals surface area contributed by atoms with E-state index in [4.69, 9.17) is 4.74 Å². The van der Waals surface area contributed by atoms with Gasteiger partial charge >= 0.3 is 0 Å². The molecule has 3 heteroatoms. The SMILES string of the molecule is CC(O)(CC1CCOc2ccccc21)c1ccccc1Br. The number of fused-ring (bicyclic) bond motifs is 1. The molecule has 0 saturated heterocycles. The first-order chi connectivity index (χ1) is 10.1. The summed E-state index contributed by atoms with van der Waals surface area (Å²) in [5, 5.41) is 11.0. The third-order valence-corrected chi connectivity index (χ3v) is 4.87. The van der Waals surface area contributed by atoms with Gasteiger partial charge in [0, 0.05) is 4.47 Å². The highest BCUT2D eigenvalue weighted by atomic mass is 79.9. The van der Waals surface area contributed by atoms with Gasteiger partial charge in [-0.2, -0.15) is 0 Å². The van der Waals surface area contributed by atoms with E-state index in [0.717, 1.165) is 22.2 Å². The van der Waals surface area contributed by atoms with Crippen LogP contribution in [0.15, 0.2) is 53.0 Å². The summed E-state index contributed by atoms with van der Waals surface area (Å²) in [6, 6.07) is 16.0. The van der Waals surface area contributed by atoms with Gasteiger partial charge in [0.25, 0.3) is 0 Å². The zero-order valence-electron chi connectivity index (χ0n) is 12.1. The molecule has 3 rings (SSSR count). The zero-order chi connectivity index (χ0) is 14.9. The molecule has 2 nitrogen and oxygen atoms in total. The van der Waals surface area contributed by atoms with Crippen LogP contribution in [0.2, 0.25) is 0 Å². The maximum atomic E-state index is 11.0. The number of ether oxygens (including phenoxy) is 1. The van der Waals surface area contributed by atoms with Gasteiger partial charge in [-0.05, 0) is 48.9 Å². The molecule has 2 aromatic rings. The van der Waals surface area contributed by atoms with E-state index >= 15 is 0 Å².